The van der Waals surface area contributed by atoms with Crippen LogP contribution in [-0.4, -0.2) is 35.7 Å². The summed E-state index contributed by atoms with van der Waals surface area (Å²) >= 11 is 3.53. The highest BCUT2D eigenvalue weighted by molar-refractivity contribution is 9.10. The molecule has 2 unspecified atom stereocenters. The molecule has 1 amide bonds. The molecule has 1 N–H and O–H groups in total. The number of amides is 1. The van der Waals surface area contributed by atoms with Gasteiger partial charge in [-0.3, -0.25) is 0 Å². The number of carbonyl (C=O) groups is 1. The first-order valence-electron chi connectivity index (χ1n) is 8.28. The van der Waals surface area contributed by atoms with Crippen molar-refractivity contribution in [3.05, 3.63) is 34.3 Å². The molecule has 1 aromatic carbocycles. The first-order valence-corrected chi connectivity index (χ1v) is 9.07. The second-order valence-corrected chi connectivity index (χ2v) is 8.01. The Morgan fingerprint density at radius 2 is 2.22 bits per heavy atom. The van der Waals surface area contributed by atoms with Gasteiger partial charge in [-0.2, -0.15) is 0 Å². The van der Waals surface area contributed by atoms with E-state index in [1.165, 1.54) is 5.56 Å². The number of hydrogen-bond acceptors (Lipinski definition) is 3. The van der Waals surface area contributed by atoms with Gasteiger partial charge >= 0.3 is 6.09 Å². The molecule has 0 saturated carbocycles. The van der Waals surface area contributed by atoms with Crippen molar-refractivity contribution in [2.24, 2.45) is 0 Å². The third kappa shape index (κ3) is 5.50. The Labute approximate surface area is 147 Å². The number of halogens is 1. The van der Waals surface area contributed by atoms with Crippen molar-refractivity contribution < 1.29 is 9.53 Å². The van der Waals surface area contributed by atoms with Crippen molar-refractivity contribution in [1.29, 1.82) is 0 Å². The van der Waals surface area contributed by atoms with E-state index in [1.54, 1.807) is 4.90 Å². The van der Waals surface area contributed by atoms with E-state index in [-0.39, 0.29) is 6.09 Å². The summed E-state index contributed by atoms with van der Waals surface area (Å²) < 4.78 is 6.55. The molecule has 128 valence electrons. The van der Waals surface area contributed by atoms with Crippen LogP contribution in [0.15, 0.2) is 28.7 Å². The van der Waals surface area contributed by atoms with Gasteiger partial charge in [-0.15, -0.1) is 0 Å². The topological polar surface area (TPSA) is 41.6 Å². The van der Waals surface area contributed by atoms with Gasteiger partial charge in [0.1, 0.15) is 5.60 Å². The van der Waals surface area contributed by atoms with Crippen LogP contribution in [0.3, 0.4) is 0 Å². The minimum atomic E-state index is -0.440. The lowest BCUT2D eigenvalue weighted by atomic mass is 10.0. The van der Waals surface area contributed by atoms with Gasteiger partial charge in [0.05, 0.1) is 0 Å². The second-order valence-electron chi connectivity index (χ2n) is 7.09. The molecule has 0 radical (unpaired) electrons. The SMILES string of the molecule is CCC(NC1CCN(C(=O)OC(C)(C)C)C1)c1cccc(Br)c1. The largest absolute Gasteiger partial charge is 0.444 e. The number of hydrogen-bond donors (Lipinski definition) is 1. The summed E-state index contributed by atoms with van der Waals surface area (Å²) in [6.45, 7) is 9.34. The summed E-state index contributed by atoms with van der Waals surface area (Å²) in [6, 6.07) is 9.01. The Balaban J connectivity index is 1.92. The highest BCUT2D eigenvalue weighted by atomic mass is 79.9. The van der Waals surface area contributed by atoms with E-state index in [0.29, 0.717) is 18.6 Å². The van der Waals surface area contributed by atoms with Gasteiger partial charge in [0.2, 0.25) is 0 Å². The Bertz CT molecular complexity index is 542. The van der Waals surface area contributed by atoms with Crippen LogP contribution < -0.4 is 5.32 Å². The van der Waals surface area contributed by atoms with Crippen molar-refractivity contribution in [3.63, 3.8) is 0 Å². The molecule has 0 aliphatic carbocycles. The standard InChI is InChI=1S/C18H27BrN2O2/c1-5-16(13-7-6-8-14(19)11-13)20-15-9-10-21(12-15)17(22)23-18(2,3)4/h6-8,11,15-16,20H,5,9-10,12H2,1-4H3. The van der Waals surface area contributed by atoms with Crippen molar-refractivity contribution in [1.82, 2.24) is 10.2 Å². The van der Waals surface area contributed by atoms with Crippen molar-refractivity contribution >= 4 is 22.0 Å². The van der Waals surface area contributed by atoms with Gasteiger partial charge in [0.15, 0.2) is 0 Å². The quantitative estimate of drug-likeness (QED) is 0.833. The van der Waals surface area contributed by atoms with Crippen LogP contribution in [0.5, 0.6) is 0 Å². The zero-order chi connectivity index (χ0) is 17.0. The van der Waals surface area contributed by atoms with Crippen molar-refractivity contribution in [2.75, 3.05) is 13.1 Å². The first kappa shape index (κ1) is 18.3. The van der Waals surface area contributed by atoms with E-state index in [4.69, 9.17) is 4.74 Å². The summed E-state index contributed by atoms with van der Waals surface area (Å²) in [5.41, 5.74) is 0.836. The summed E-state index contributed by atoms with van der Waals surface area (Å²) in [5, 5.41) is 3.69. The maximum absolute atomic E-state index is 12.1. The molecule has 0 bridgehead atoms. The minimum absolute atomic E-state index is 0.211. The fourth-order valence-corrected chi connectivity index (χ4v) is 3.26. The summed E-state index contributed by atoms with van der Waals surface area (Å²) in [6.07, 6.45) is 1.76. The molecule has 1 heterocycles. The van der Waals surface area contributed by atoms with Crippen LogP contribution in [0.25, 0.3) is 0 Å². The smallest absolute Gasteiger partial charge is 0.410 e. The van der Waals surface area contributed by atoms with Crippen LogP contribution in [0.4, 0.5) is 4.79 Å². The molecule has 1 fully saturated rings. The van der Waals surface area contributed by atoms with Crippen LogP contribution in [-0.2, 0) is 4.74 Å². The van der Waals surface area contributed by atoms with E-state index in [9.17, 15) is 4.79 Å². The molecular formula is C18H27BrN2O2. The Kier molecular flexibility index (Phi) is 6.09. The van der Waals surface area contributed by atoms with E-state index in [2.05, 4.69) is 46.4 Å². The normalized spacial score (nSPS) is 19.7. The lowest BCUT2D eigenvalue weighted by Gasteiger charge is -2.25. The van der Waals surface area contributed by atoms with E-state index in [0.717, 1.165) is 23.9 Å². The molecule has 1 aliphatic rings. The molecule has 0 spiro atoms. The first-order chi connectivity index (χ1) is 10.8. The third-order valence-corrected chi connectivity index (χ3v) is 4.43. The molecular weight excluding hydrogens is 356 g/mol. The van der Waals surface area contributed by atoms with Gasteiger partial charge in [-0.25, -0.2) is 4.79 Å². The van der Waals surface area contributed by atoms with E-state index < -0.39 is 5.60 Å². The average Bonchev–Trinajstić information content (AvgIpc) is 2.91. The highest BCUT2D eigenvalue weighted by Crippen LogP contribution is 2.23. The van der Waals surface area contributed by atoms with Gasteiger partial charge < -0.3 is 15.0 Å². The molecule has 23 heavy (non-hydrogen) atoms. The molecule has 4 nitrogen and oxygen atoms in total. The van der Waals surface area contributed by atoms with Crippen molar-refractivity contribution in [3.8, 4) is 0 Å². The minimum Gasteiger partial charge on any atom is -0.444 e. The number of nitrogens with zero attached hydrogens (tertiary/aromatic N) is 1. The molecule has 1 aliphatic heterocycles. The van der Waals surface area contributed by atoms with E-state index >= 15 is 0 Å². The zero-order valence-corrected chi connectivity index (χ0v) is 16.0. The monoisotopic (exact) mass is 382 g/mol. The maximum Gasteiger partial charge on any atom is 0.410 e. The molecule has 1 saturated heterocycles. The Morgan fingerprint density at radius 1 is 1.48 bits per heavy atom. The Morgan fingerprint density at radius 3 is 2.83 bits per heavy atom. The fourth-order valence-electron chi connectivity index (χ4n) is 2.85. The maximum atomic E-state index is 12.1. The lowest BCUT2D eigenvalue weighted by molar-refractivity contribution is 0.0290. The average molecular weight is 383 g/mol. The predicted octanol–water partition coefficient (Wildman–Crippen LogP) is 4.50. The van der Waals surface area contributed by atoms with Gasteiger partial charge in [-0.1, -0.05) is 35.0 Å². The molecule has 2 atom stereocenters. The van der Waals surface area contributed by atoms with Gasteiger partial charge in [0.25, 0.3) is 0 Å². The van der Waals surface area contributed by atoms with Crippen LogP contribution >= 0.6 is 15.9 Å². The van der Waals surface area contributed by atoms with Crippen LogP contribution in [0.2, 0.25) is 0 Å². The highest BCUT2D eigenvalue weighted by Gasteiger charge is 2.30. The van der Waals surface area contributed by atoms with Crippen molar-refractivity contribution in [2.45, 2.75) is 58.2 Å². The number of carbonyl (C=O) groups excluding carboxylic acids is 1. The predicted molar refractivity (Wildman–Crippen MR) is 96.5 cm³/mol. The molecule has 1 aromatic rings. The summed E-state index contributed by atoms with van der Waals surface area (Å²) in [7, 11) is 0. The van der Waals surface area contributed by atoms with Crippen LogP contribution in [0.1, 0.15) is 52.1 Å². The fraction of sp³-hybridized carbons (Fsp3) is 0.611. The molecule has 5 heteroatoms. The summed E-state index contributed by atoms with van der Waals surface area (Å²) in [4.78, 5) is 13.9. The van der Waals surface area contributed by atoms with E-state index in [1.807, 2.05) is 26.8 Å². The lowest BCUT2D eigenvalue weighted by Crippen LogP contribution is -2.39. The molecule has 0 aromatic heterocycles. The van der Waals surface area contributed by atoms with Crippen LogP contribution in [0, 0.1) is 0 Å². The number of ether oxygens (including phenoxy) is 1. The molecule has 2 rings (SSSR count). The number of likely N-dealkylation sites (tertiary alicyclic amines) is 1. The summed E-state index contributed by atoms with van der Waals surface area (Å²) in [5.74, 6) is 0. The second kappa shape index (κ2) is 7.67. The number of nitrogens with one attached hydrogen (secondary N) is 1. The van der Waals surface area contributed by atoms with Gasteiger partial charge in [-0.05, 0) is 51.3 Å². The number of rotatable bonds is 4. The zero-order valence-electron chi connectivity index (χ0n) is 14.4. The van der Waals surface area contributed by atoms with Gasteiger partial charge in [0, 0.05) is 29.6 Å². The Hall–Kier alpha value is -1.07. The number of benzene rings is 1. The third-order valence-electron chi connectivity index (χ3n) is 3.94.